The second-order valence-electron chi connectivity index (χ2n) is 4.47. The highest BCUT2D eigenvalue weighted by atomic mass is 35.5. The van der Waals surface area contributed by atoms with Gasteiger partial charge in [0.05, 0.1) is 17.3 Å². The van der Waals surface area contributed by atoms with E-state index in [1.54, 1.807) is 18.2 Å². The number of halogens is 1. The number of amides is 1. The van der Waals surface area contributed by atoms with Gasteiger partial charge in [-0.05, 0) is 36.8 Å². The Morgan fingerprint density at radius 3 is 2.76 bits per heavy atom. The van der Waals surface area contributed by atoms with E-state index in [9.17, 15) is 4.79 Å². The molecule has 0 saturated carbocycles. The minimum atomic E-state index is -0.211. The first-order chi connectivity index (χ1) is 10.1. The van der Waals surface area contributed by atoms with Gasteiger partial charge in [-0.25, -0.2) is 0 Å². The molecule has 0 bridgehead atoms. The second kappa shape index (κ2) is 6.94. The Balaban J connectivity index is 2.28. The molecule has 3 N–H and O–H groups in total. The SMILES string of the molecule is Cc1ccc(C#CCN)cc1C(=O)Nc1ccccc1Cl. The molecule has 2 aromatic carbocycles. The van der Waals surface area contributed by atoms with Crippen molar-refractivity contribution in [3.8, 4) is 11.8 Å². The average Bonchev–Trinajstić information content (AvgIpc) is 2.48. The molecule has 0 atom stereocenters. The van der Waals surface area contributed by atoms with E-state index >= 15 is 0 Å². The van der Waals surface area contributed by atoms with Gasteiger partial charge >= 0.3 is 0 Å². The molecule has 4 heteroatoms. The predicted octanol–water partition coefficient (Wildman–Crippen LogP) is 3.21. The molecule has 2 rings (SSSR count). The predicted molar refractivity (Wildman–Crippen MR) is 86.5 cm³/mol. The zero-order valence-corrected chi connectivity index (χ0v) is 12.4. The van der Waals surface area contributed by atoms with Gasteiger partial charge in [-0.1, -0.05) is 41.6 Å². The first-order valence-corrected chi connectivity index (χ1v) is 6.85. The van der Waals surface area contributed by atoms with Crippen LogP contribution in [0, 0.1) is 18.8 Å². The quantitative estimate of drug-likeness (QED) is 0.837. The summed E-state index contributed by atoms with van der Waals surface area (Å²) in [7, 11) is 0. The number of anilines is 1. The minimum Gasteiger partial charge on any atom is -0.321 e. The minimum absolute atomic E-state index is 0.211. The van der Waals surface area contributed by atoms with Crippen LogP contribution in [0.2, 0.25) is 5.02 Å². The molecular formula is C17H15ClN2O. The Morgan fingerprint density at radius 2 is 2.05 bits per heavy atom. The highest BCUT2D eigenvalue weighted by molar-refractivity contribution is 6.33. The van der Waals surface area contributed by atoms with E-state index in [1.165, 1.54) is 0 Å². The normalized spacial score (nSPS) is 9.67. The molecule has 1 amide bonds. The standard InChI is InChI=1S/C17H15ClN2O/c1-12-8-9-13(5-4-10-19)11-14(12)17(21)20-16-7-3-2-6-15(16)18/h2-3,6-9,11H,10,19H2,1H3,(H,20,21). The summed E-state index contributed by atoms with van der Waals surface area (Å²) in [6.07, 6.45) is 0. The highest BCUT2D eigenvalue weighted by Gasteiger charge is 2.11. The lowest BCUT2D eigenvalue weighted by molar-refractivity contribution is 0.102. The van der Waals surface area contributed by atoms with Crippen molar-refractivity contribution in [2.75, 3.05) is 11.9 Å². The Hall–Kier alpha value is -2.28. The average molecular weight is 299 g/mol. The Kier molecular flexibility index (Phi) is 4.99. The number of carbonyl (C=O) groups excluding carboxylic acids is 1. The number of para-hydroxylation sites is 1. The van der Waals surface area contributed by atoms with Crippen molar-refractivity contribution in [2.45, 2.75) is 6.92 Å². The highest BCUT2D eigenvalue weighted by Crippen LogP contribution is 2.22. The van der Waals surface area contributed by atoms with Crippen LogP contribution in [0.25, 0.3) is 0 Å². The number of nitrogens with one attached hydrogen (secondary N) is 1. The van der Waals surface area contributed by atoms with Crippen LogP contribution in [0.1, 0.15) is 21.5 Å². The smallest absolute Gasteiger partial charge is 0.256 e. The van der Waals surface area contributed by atoms with Crippen molar-refractivity contribution in [1.29, 1.82) is 0 Å². The van der Waals surface area contributed by atoms with E-state index in [1.807, 2.05) is 31.2 Å². The van der Waals surface area contributed by atoms with E-state index in [4.69, 9.17) is 17.3 Å². The van der Waals surface area contributed by atoms with E-state index in [0.717, 1.165) is 11.1 Å². The first kappa shape index (κ1) is 15.1. The number of aryl methyl sites for hydroxylation is 1. The monoisotopic (exact) mass is 298 g/mol. The maximum absolute atomic E-state index is 12.4. The van der Waals surface area contributed by atoms with Gasteiger partial charge in [0.15, 0.2) is 0 Å². The van der Waals surface area contributed by atoms with Gasteiger partial charge in [0.2, 0.25) is 0 Å². The Morgan fingerprint density at radius 1 is 1.29 bits per heavy atom. The molecule has 106 valence electrons. The van der Waals surface area contributed by atoms with Gasteiger partial charge in [0, 0.05) is 11.1 Å². The zero-order chi connectivity index (χ0) is 15.2. The van der Waals surface area contributed by atoms with E-state index in [0.29, 0.717) is 16.3 Å². The van der Waals surface area contributed by atoms with Gasteiger partial charge in [0.25, 0.3) is 5.91 Å². The lowest BCUT2D eigenvalue weighted by Gasteiger charge is -2.09. The van der Waals surface area contributed by atoms with Crippen molar-refractivity contribution in [3.05, 3.63) is 64.2 Å². The number of hydrogen-bond donors (Lipinski definition) is 2. The van der Waals surface area contributed by atoms with Crippen LogP contribution in [-0.4, -0.2) is 12.5 Å². The van der Waals surface area contributed by atoms with Crippen LogP contribution in [0.5, 0.6) is 0 Å². The van der Waals surface area contributed by atoms with Crippen LogP contribution < -0.4 is 11.1 Å². The second-order valence-corrected chi connectivity index (χ2v) is 4.88. The summed E-state index contributed by atoms with van der Waals surface area (Å²) in [6.45, 7) is 2.16. The summed E-state index contributed by atoms with van der Waals surface area (Å²) in [5, 5.41) is 3.31. The summed E-state index contributed by atoms with van der Waals surface area (Å²) in [5.74, 6) is 5.48. The lowest BCUT2D eigenvalue weighted by atomic mass is 10.0. The number of benzene rings is 2. The van der Waals surface area contributed by atoms with Gasteiger partial charge in [-0.15, -0.1) is 0 Å². The van der Waals surface area contributed by atoms with Crippen molar-refractivity contribution < 1.29 is 4.79 Å². The topological polar surface area (TPSA) is 55.1 Å². The van der Waals surface area contributed by atoms with E-state index in [-0.39, 0.29) is 12.5 Å². The summed E-state index contributed by atoms with van der Waals surface area (Å²) in [6, 6.07) is 12.6. The first-order valence-electron chi connectivity index (χ1n) is 6.47. The molecule has 21 heavy (non-hydrogen) atoms. The maximum atomic E-state index is 12.4. The van der Waals surface area contributed by atoms with Crippen LogP contribution in [0.3, 0.4) is 0 Å². The fraction of sp³-hybridized carbons (Fsp3) is 0.118. The molecule has 0 aliphatic rings. The van der Waals surface area contributed by atoms with Crippen LogP contribution >= 0.6 is 11.6 Å². The third-order valence-corrected chi connectivity index (χ3v) is 3.27. The fourth-order valence-electron chi connectivity index (χ4n) is 1.85. The van der Waals surface area contributed by atoms with Crippen molar-refractivity contribution >= 4 is 23.2 Å². The third kappa shape index (κ3) is 3.85. The number of hydrogen-bond acceptors (Lipinski definition) is 2. The fourth-order valence-corrected chi connectivity index (χ4v) is 2.03. The summed E-state index contributed by atoms with van der Waals surface area (Å²) < 4.78 is 0. The molecule has 0 spiro atoms. The molecule has 0 fully saturated rings. The molecule has 0 aromatic heterocycles. The number of rotatable bonds is 2. The third-order valence-electron chi connectivity index (χ3n) is 2.94. The van der Waals surface area contributed by atoms with Crippen LogP contribution in [0.15, 0.2) is 42.5 Å². The molecule has 2 aromatic rings. The Labute approximate surface area is 129 Å². The van der Waals surface area contributed by atoms with Gasteiger partial charge in [-0.3, -0.25) is 4.79 Å². The molecule has 0 aliphatic heterocycles. The van der Waals surface area contributed by atoms with Gasteiger partial charge in [0.1, 0.15) is 0 Å². The number of carbonyl (C=O) groups is 1. The van der Waals surface area contributed by atoms with Crippen LogP contribution in [0.4, 0.5) is 5.69 Å². The van der Waals surface area contributed by atoms with Crippen molar-refractivity contribution in [3.63, 3.8) is 0 Å². The molecule has 0 unspecified atom stereocenters. The van der Waals surface area contributed by atoms with Crippen LogP contribution in [-0.2, 0) is 0 Å². The molecular weight excluding hydrogens is 284 g/mol. The molecule has 0 aliphatic carbocycles. The zero-order valence-electron chi connectivity index (χ0n) is 11.6. The van der Waals surface area contributed by atoms with Crippen molar-refractivity contribution in [2.24, 2.45) is 5.73 Å². The van der Waals surface area contributed by atoms with Gasteiger partial charge in [-0.2, -0.15) is 0 Å². The molecule has 0 saturated heterocycles. The van der Waals surface area contributed by atoms with E-state index < -0.39 is 0 Å². The maximum Gasteiger partial charge on any atom is 0.256 e. The number of nitrogens with two attached hydrogens (primary N) is 1. The van der Waals surface area contributed by atoms with Crippen molar-refractivity contribution in [1.82, 2.24) is 0 Å². The van der Waals surface area contributed by atoms with E-state index in [2.05, 4.69) is 17.2 Å². The lowest BCUT2D eigenvalue weighted by Crippen LogP contribution is -2.13. The molecule has 0 radical (unpaired) electrons. The Bertz CT molecular complexity index is 729. The summed E-state index contributed by atoms with van der Waals surface area (Å²) >= 11 is 6.04. The molecule has 3 nitrogen and oxygen atoms in total. The summed E-state index contributed by atoms with van der Waals surface area (Å²) in [5.41, 5.74) is 8.14. The van der Waals surface area contributed by atoms with Gasteiger partial charge < -0.3 is 11.1 Å². The molecule has 0 heterocycles. The summed E-state index contributed by atoms with van der Waals surface area (Å²) in [4.78, 5) is 12.4. The largest absolute Gasteiger partial charge is 0.321 e.